The lowest BCUT2D eigenvalue weighted by atomic mass is 9.65. The van der Waals surface area contributed by atoms with Gasteiger partial charge in [0.2, 0.25) is 0 Å². The number of aryl methyl sites for hydroxylation is 1. The van der Waals surface area contributed by atoms with Gasteiger partial charge >= 0.3 is 0 Å². The molecule has 0 bridgehead atoms. The molecule has 0 N–H and O–H groups in total. The Hall–Kier alpha value is -0.760. The first-order chi connectivity index (χ1) is 7.97. The van der Waals surface area contributed by atoms with Crippen LogP contribution in [0.25, 0.3) is 0 Å². The summed E-state index contributed by atoms with van der Waals surface area (Å²) in [7, 11) is 0. The van der Waals surface area contributed by atoms with E-state index in [1.807, 2.05) is 6.92 Å². The number of hydrogen-bond acceptors (Lipinski definition) is 1. The van der Waals surface area contributed by atoms with Crippen LogP contribution < -0.4 is 4.74 Å². The van der Waals surface area contributed by atoms with Crippen molar-refractivity contribution in [3.8, 4) is 5.75 Å². The first-order valence-electron chi connectivity index (χ1n) is 6.04. The molecule has 3 atom stereocenters. The summed E-state index contributed by atoms with van der Waals surface area (Å²) in [5, 5.41) is 0.159. The zero-order valence-corrected chi connectivity index (χ0v) is 11.2. The molecule has 2 rings (SSSR count). The molecule has 17 heavy (non-hydrogen) atoms. The molecular formula is C14H18ClFO. The van der Waals surface area contributed by atoms with Crippen LogP contribution in [0.4, 0.5) is 4.39 Å². The van der Waals surface area contributed by atoms with Crippen LogP contribution in [-0.4, -0.2) is 11.5 Å². The molecule has 0 amide bonds. The highest BCUT2D eigenvalue weighted by Crippen LogP contribution is 2.49. The smallest absolute Gasteiger partial charge is 0.126 e. The van der Waals surface area contributed by atoms with Gasteiger partial charge in [-0.3, -0.25) is 0 Å². The minimum atomic E-state index is -0.259. The van der Waals surface area contributed by atoms with Gasteiger partial charge < -0.3 is 4.74 Å². The van der Waals surface area contributed by atoms with Gasteiger partial charge in [0.25, 0.3) is 0 Å². The second kappa shape index (κ2) is 4.49. The Morgan fingerprint density at radius 2 is 2.24 bits per heavy atom. The number of rotatable bonds is 3. The van der Waals surface area contributed by atoms with E-state index in [1.54, 1.807) is 6.07 Å². The summed E-state index contributed by atoms with van der Waals surface area (Å²) < 4.78 is 19.1. The SMILES string of the molecule is CCC1(C)C(Cl)CC1Oc1cc(F)ccc1C. The van der Waals surface area contributed by atoms with Crippen LogP contribution in [0.1, 0.15) is 32.3 Å². The van der Waals surface area contributed by atoms with E-state index in [0.717, 1.165) is 18.4 Å². The molecule has 1 aromatic carbocycles. The van der Waals surface area contributed by atoms with E-state index >= 15 is 0 Å². The number of halogens is 2. The largest absolute Gasteiger partial charge is 0.489 e. The van der Waals surface area contributed by atoms with Crippen molar-refractivity contribution in [1.29, 1.82) is 0 Å². The minimum Gasteiger partial charge on any atom is -0.489 e. The molecular weight excluding hydrogens is 239 g/mol. The lowest BCUT2D eigenvalue weighted by Gasteiger charge is -2.50. The maximum absolute atomic E-state index is 13.2. The van der Waals surface area contributed by atoms with E-state index in [1.165, 1.54) is 12.1 Å². The van der Waals surface area contributed by atoms with E-state index in [-0.39, 0.29) is 22.7 Å². The van der Waals surface area contributed by atoms with Crippen molar-refractivity contribution in [2.75, 3.05) is 0 Å². The molecule has 1 aromatic rings. The fourth-order valence-corrected chi connectivity index (χ4v) is 2.71. The summed E-state index contributed by atoms with van der Waals surface area (Å²) in [5.41, 5.74) is 0.961. The average molecular weight is 257 g/mol. The van der Waals surface area contributed by atoms with Gasteiger partial charge in [0.05, 0.1) is 0 Å². The first-order valence-corrected chi connectivity index (χ1v) is 6.48. The van der Waals surface area contributed by atoms with Crippen LogP contribution in [-0.2, 0) is 0 Å². The number of alkyl halides is 1. The molecule has 1 saturated carbocycles. The third kappa shape index (κ3) is 2.15. The molecule has 0 heterocycles. The molecule has 1 aliphatic rings. The van der Waals surface area contributed by atoms with Gasteiger partial charge in [-0.1, -0.05) is 19.9 Å². The van der Waals surface area contributed by atoms with Crippen LogP contribution in [0.2, 0.25) is 0 Å². The van der Waals surface area contributed by atoms with Crippen molar-refractivity contribution in [1.82, 2.24) is 0 Å². The second-order valence-electron chi connectivity index (χ2n) is 5.08. The highest BCUT2D eigenvalue weighted by Gasteiger charge is 2.51. The Morgan fingerprint density at radius 1 is 1.53 bits per heavy atom. The van der Waals surface area contributed by atoms with Crippen molar-refractivity contribution in [2.45, 2.75) is 45.1 Å². The van der Waals surface area contributed by atoms with E-state index in [9.17, 15) is 4.39 Å². The molecule has 3 heteroatoms. The number of ether oxygens (including phenoxy) is 1. The van der Waals surface area contributed by atoms with Crippen molar-refractivity contribution >= 4 is 11.6 Å². The predicted molar refractivity (Wildman–Crippen MR) is 68.2 cm³/mol. The van der Waals surface area contributed by atoms with E-state index < -0.39 is 0 Å². The van der Waals surface area contributed by atoms with Gasteiger partial charge in [-0.05, 0) is 25.0 Å². The number of benzene rings is 1. The first kappa shape index (κ1) is 12.7. The summed E-state index contributed by atoms with van der Waals surface area (Å²) in [6.45, 7) is 6.17. The van der Waals surface area contributed by atoms with Crippen molar-refractivity contribution in [3.63, 3.8) is 0 Å². The molecule has 0 aromatic heterocycles. The fourth-order valence-electron chi connectivity index (χ4n) is 2.25. The van der Waals surface area contributed by atoms with Gasteiger partial charge in [-0.25, -0.2) is 4.39 Å². The summed E-state index contributed by atoms with van der Waals surface area (Å²) >= 11 is 6.23. The molecule has 1 nitrogen and oxygen atoms in total. The van der Waals surface area contributed by atoms with Crippen LogP contribution in [0.3, 0.4) is 0 Å². The second-order valence-corrected chi connectivity index (χ2v) is 5.61. The Bertz CT molecular complexity index is 421. The Balaban J connectivity index is 2.14. The highest BCUT2D eigenvalue weighted by atomic mass is 35.5. The Labute approximate surface area is 107 Å². The van der Waals surface area contributed by atoms with Crippen LogP contribution in [0.5, 0.6) is 5.75 Å². The molecule has 0 spiro atoms. The van der Waals surface area contributed by atoms with E-state index in [2.05, 4.69) is 13.8 Å². The normalized spacial score (nSPS) is 32.1. The van der Waals surface area contributed by atoms with Crippen molar-refractivity contribution in [2.24, 2.45) is 5.41 Å². The van der Waals surface area contributed by atoms with Crippen molar-refractivity contribution in [3.05, 3.63) is 29.6 Å². The van der Waals surface area contributed by atoms with Crippen LogP contribution >= 0.6 is 11.6 Å². The average Bonchev–Trinajstić information content (AvgIpc) is 2.32. The molecule has 0 saturated heterocycles. The maximum atomic E-state index is 13.2. The Morgan fingerprint density at radius 3 is 2.82 bits per heavy atom. The van der Waals surface area contributed by atoms with Gasteiger partial charge in [0.1, 0.15) is 17.7 Å². The zero-order valence-electron chi connectivity index (χ0n) is 10.5. The molecule has 0 aliphatic heterocycles. The van der Waals surface area contributed by atoms with Gasteiger partial charge in [0.15, 0.2) is 0 Å². The summed E-state index contributed by atoms with van der Waals surface area (Å²) in [6.07, 6.45) is 1.90. The quantitative estimate of drug-likeness (QED) is 0.733. The summed E-state index contributed by atoms with van der Waals surface area (Å²) in [6, 6.07) is 4.64. The lowest BCUT2D eigenvalue weighted by molar-refractivity contribution is -0.0300. The predicted octanol–water partition coefficient (Wildman–Crippen LogP) is 4.31. The fraction of sp³-hybridized carbons (Fsp3) is 0.571. The minimum absolute atomic E-state index is 0.000311. The molecule has 1 fully saturated rings. The summed E-state index contributed by atoms with van der Waals surface area (Å²) in [4.78, 5) is 0. The summed E-state index contributed by atoms with van der Waals surface area (Å²) in [5.74, 6) is 0.379. The molecule has 0 radical (unpaired) electrons. The Kier molecular flexibility index (Phi) is 3.35. The van der Waals surface area contributed by atoms with Crippen LogP contribution in [0, 0.1) is 18.2 Å². The topological polar surface area (TPSA) is 9.23 Å². The standard InChI is InChI=1S/C14H18ClFO/c1-4-14(3)12(15)8-13(14)17-11-7-10(16)6-5-9(11)2/h5-7,12-13H,4,8H2,1-3H3. The highest BCUT2D eigenvalue weighted by molar-refractivity contribution is 6.21. The van der Waals surface area contributed by atoms with Crippen LogP contribution in [0.15, 0.2) is 18.2 Å². The molecule has 94 valence electrons. The van der Waals surface area contributed by atoms with Crippen molar-refractivity contribution < 1.29 is 9.13 Å². The van der Waals surface area contributed by atoms with E-state index in [4.69, 9.17) is 16.3 Å². The monoisotopic (exact) mass is 256 g/mol. The van der Waals surface area contributed by atoms with E-state index in [0.29, 0.717) is 5.75 Å². The molecule has 1 aliphatic carbocycles. The van der Waals surface area contributed by atoms with Gasteiger partial charge in [-0.2, -0.15) is 0 Å². The third-order valence-corrected chi connectivity index (χ3v) is 4.73. The maximum Gasteiger partial charge on any atom is 0.126 e. The lowest BCUT2D eigenvalue weighted by Crippen LogP contribution is -2.55. The zero-order chi connectivity index (χ0) is 12.6. The van der Waals surface area contributed by atoms with Gasteiger partial charge in [-0.15, -0.1) is 11.6 Å². The third-order valence-electron chi connectivity index (χ3n) is 4.05. The molecule has 3 unspecified atom stereocenters. The number of hydrogen-bond donors (Lipinski definition) is 0. The van der Waals surface area contributed by atoms with Gasteiger partial charge in [0, 0.05) is 23.3 Å².